The second kappa shape index (κ2) is 7.10. The van der Waals surface area contributed by atoms with Crippen molar-refractivity contribution in [1.29, 1.82) is 0 Å². The van der Waals surface area contributed by atoms with Crippen LogP contribution in [0.3, 0.4) is 0 Å². The molecule has 0 aliphatic carbocycles. The van der Waals surface area contributed by atoms with Gasteiger partial charge in [0.1, 0.15) is 11.6 Å². The predicted octanol–water partition coefficient (Wildman–Crippen LogP) is 2.81. The lowest BCUT2D eigenvalue weighted by atomic mass is 10.1. The number of nitrogens with zero attached hydrogens (tertiary/aromatic N) is 2. The van der Waals surface area contributed by atoms with Gasteiger partial charge in [-0.1, -0.05) is 13.3 Å². The molecule has 1 heterocycles. The van der Waals surface area contributed by atoms with E-state index in [1.54, 1.807) is 7.11 Å². The molecule has 2 aromatic rings. The van der Waals surface area contributed by atoms with Crippen LogP contribution in [-0.2, 0) is 0 Å². The number of fused-ring (bicyclic) bond motifs is 1. The van der Waals surface area contributed by atoms with Crippen molar-refractivity contribution < 1.29 is 4.74 Å². The van der Waals surface area contributed by atoms with Crippen molar-refractivity contribution in [3.63, 3.8) is 0 Å². The second-order valence-corrected chi connectivity index (χ2v) is 4.85. The van der Waals surface area contributed by atoms with Crippen LogP contribution in [-0.4, -0.2) is 31.7 Å². The lowest BCUT2D eigenvalue weighted by molar-refractivity contribution is 0.415. The quantitative estimate of drug-likeness (QED) is 0.843. The highest BCUT2D eigenvalue weighted by Gasteiger charge is 2.11. The van der Waals surface area contributed by atoms with E-state index in [1.807, 2.05) is 24.4 Å². The summed E-state index contributed by atoms with van der Waals surface area (Å²) in [6.07, 6.45) is 4.17. The van der Waals surface area contributed by atoms with Gasteiger partial charge in [-0.2, -0.15) is 0 Å². The highest BCUT2D eigenvalue weighted by molar-refractivity contribution is 5.93. The minimum Gasteiger partial charge on any atom is -0.497 e. The first-order valence-corrected chi connectivity index (χ1v) is 7.18. The van der Waals surface area contributed by atoms with Gasteiger partial charge < -0.3 is 15.4 Å². The molecule has 2 N–H and O–H groups in total. The number of benzene rings is 1. The van der Waals surface area contributed by atoms with E-state index in [0.29, 0.717) is 6.54 Å². The van der Waals surface area contributed by atoms with Crippen molar-refractivity contribution in [1.82, 2.24) is 4.98 Å². The number of methoxy groups -OCH3 is 1. The highest BCUT2D eigenvalue weighted by atomic mass is 16.5. The van der Waals surface area contributed by atoms with Crippen molar-refractivity contribution in [2.45, 2.75) is 19.8 Å². The second-order valence-electron chi connectivity index (χ2n) is 4.85. The first-order valence-electron chi connectivity index (χ1n) is 7.18. The van der Waals surface area contributed by atoms with Crippen LogP contribution in [0, 0.1) is 0 Å². The average Bonchev–Trinajstić information content (AvgIpc) is 2.50. The van der Waals surface area contributed by atoms with Crippen molar-refractivity contribution >= 4 is 16.6 Å². The third-order valence-corrected chi connectivity index (χ3v) is 3.43. The van der Waals surface area contributed by atoms with E-state index >= 15 is 0 Å². The Balaban J connectivity index is 2.40. The van der Waals surface area contributed by atoms with Gasteiger partial charge >= 0.3 is 0 Å². The molecule has 0 aliphatic heterocycles. The fraction of sp³-hybridized carbons (Fsp3) is 0.438. The Bertz CT molecular complexity index is 556. The summed E-state index contributed by atoms with van der Waals surface area (Å²) >= 11 is 0. The van der Waals surface area contributed by atoms with Crippen molar-refractivity contribution in [3.8, 4) is 5.75 Å². The normalized spacial score (nSPS) is 10.8. The zero-order valence-electron chi connectivity index (χ0n) is 12.3. The molecule has 0 saturated heterocycles. The Hall–Kier alpha value is -1.81. The molecular formula is C16H23N3O. The number of unbranched alkanes of at least 4 members (excludes halogenated alkanes) is 1. The smallest absolute Gasteiger partial charge is 0.136 e. The fourth-order valence-corrected chi connectivity index (χ4v) is 2.35. The van der Waals surface area contributed by atoms with Crippen LogP contribution in [0.4, 0.5) is 5.82 Å². The number of rotatable bonds is 7. The molecule has 0 amide bonds. The average molecular weight is 273 g/mol. The lowest BCUT2D eigenvalue weighted by Gasteiger charge is -2.24. The van der Waals surface area contributed by atoms with E-state index in [2.05, 4.69) is 22.9 Å². The first-order chi connectivity index (χ1) is 9.80. The molecule has 0 spiro atoms. The topological polar surface area (TPSA) is 51.4 Å². The fourth-order valence-electron chi connectivity index (χ4n) is 2.35. The lowest BCUT2D eigenvalue weighted by Crippen LogP contribution is -2.31. The Morgan fingerprint density at radius 2 is 2.10 bits per heavy atom. The monoisotopic (exact) mass is 273 g/mol. The highest BCUT2D eigenvalue weighted by Crippen LogP contribution is 2.27. The minimum atomic E-state index is 0.637. The molecule has 0 saturated carbocycles. The summed E-state index contributed by atoms with van der Waals surface area (Å²) in [5, 5.41) is 2.30. The largest absolute Gasteiger partial charge is 0.497 e. The summed E-state index contributed by atoms with van der Waals surface area (Å²) in [5.41, 5.74) is 5.74. The molecule has 1 aromatic carbocycles. The van der Waals surface area contributed by atoms with Gasteiger partial charge in [0.15, 0.2) is 0 Å². The summed E-state index contributed by atoms with van der Waals surface area (Å²) in [6, 6.07) is 8.11. The summed E-state index contributed by atoms with van der Waals surface area (Å²) in [7, 11) is 1.69. The molecule has 1 aromatic heterocycles. The minimum absolute atomic E-state index is 0.637. The molecule has 0 aliphatic rings. The van der Waals surface area contributed by atoms with Crippen LogP contribution in [0.5, 0.6) is 5.75 Å². The van der Waals surface area contributed by atoms with E-state index in [1.165, 1.54) is 6.42 Å². The molecule has 0 bridgehead atoms. The molecule has 0 atom stereocenters. The number of hydrogen-bond acceptors (Lipinski definition) is 4. The molecular weight excluding hydrogens is 250 g/mol. The maximum Gasteiger partial charge on any atom is 0.136 e. The van der Waals surface area contributed by atoms with Gasteiger partial charge in [0.05, 0.1) is 7.11 Å². The zero-order valence-corrected chi connectivity index (χ0v) is 12.3. The summed E-state index contributed by atoms with van der Waals surface area (Å²) in [6.45, 7) is 4.66. The summed E-state index contributed by atoms with van der Waals surface area (Å²) in [4.78, 5) is 6.84. The zero-order chi connectivity index (χ0) is 14.4. The van der Waals surface area contributed by atoms with Crippen LogP contribution < -0.4 is 15.4 Å². The first kappa shape index (κ1) is 14.6. The van der Waals surface area contributed by atoms with Gasteiger partial charge in [-0.05, 0) is 36.1 Å². The van der Waals surface area contributed by atoms with Gasteiger partial charge in [0, 0.05) is 31.2 Å². The van der Waals surface area contributed by atoms with E-state index in [4.69, 9.17) is 10.5 Å². The Labute approximate surface area is 120 Å². The van der Waals surface area contributed by atoms with Gasteiger partial charge in [-0.15, -0.1) is 0 Å². The molecule has 0 fully saturated rings. The summed E-state index contributed by atoms with van der Waals surface area (Å²) < 4.78 is 5.28. The number of hydrogen-bond donors (Lipinski definition) is 1. The Morgan fingerprint density at radius 1 is 1.25 bits per heavy atom. The number of ether oxygens (including phenoxy) is 1. The van der Waals surface area contributed by atoms with Gasteiger partial charge in [0.25, 0.3) is 0 Å². The number of aromatic nitrogens is 1. The van der Waals surface area contributed by atoms with Crippen molar-refractivity contribution in [2.24, 2.45) is 5.73 Å². The van der Waals surface area contributed by atoms with Crippen molar-refractivity contribution in [2.75, 3.05) is 31.6 Å². The van der Waals surface area contributed by atoms with Gasteiger partial charge in [0.2, 0.25) is 0 Å². The van der Waals surface area contributed by atoms with Gasteiger partial charge in [-0.25, -0.2) is 4.98 Å². The molecule has 4 heteroatoms. The Kier molecular flexibility index (Phi) is 5.18. The van der Waals surface area contributed by atoms with Gasteiger partial charge in [-0.3, -0.25) is 0 Å². The third kappa shape index (κ3) is 3.20. The summed E-state index contributed by atoms with van der Waals surface area (Å²) in [5.74, 6) is 1.89. The maximum atomic E-state index is 5.74. The van der Waals surface area contributed by atoms with Crippen molar-refractivity contribution in [3.05, 3.63) is 30.5 Å². The molecule has 108 valence electrons. The van der Waals surface area contributed by atoms with Crippen LogP contribution in [0.2, 0.25) is 0 Å². The van der Waals surface area contributed by atoms with Crippen LogP contribution >= 0.6 is 0 Å². The molecule has 0 unspecified atom stereocenters. The standard InChI is InChI=1S/C16H23N3O/c1-3-4-10-19(11-8-17)16-15-6-5-14(20-2)12-13(15)7-9-18-16/h5-7,9,12H,3-4,8,10-11,17H2,1-2H3. The molecule has 4 nitrogen and oxygen atoms in total. The van der Waals surface area contributed by atoms with Crippen LogP contribution in [0.15, 0.2) is 30.5 Å². The van der Waals surface area contributed by atoms with E-state index < -0.39 is 0 Å². The third-order valence-electron chi connectivity index (χ3n) is 3.43. The van der Waals surface area contributed by atoms with E-state index in [0.717, 1.165) is 41.9 Å². The van der Waals surface area contributed by atoms with E-state index in [9.17, 15) is 0 Å². The Morgan fingerprint density at radius 3 is 2.80 bits per heavy atom. The molecule has 20 heavy (non-hydrogen) atoms. The predicted molar refractivity (Wildman–Crippen MR) is 84.5 cm³/mol. The van der Waals surface area contributed by atoms with E-state index in [-0.39, 0.29) is 0 Å². The molecule has 2 rings (SSSR count). The van der Waals surface area contributed by atoms with Crippen LogP contribution in [0.25, 0.3) is 10.8 Å². The number of pyridine rings is 1. The molecule has 0 radical (unpaired) electrons. The maximum absolute atomic E-state index is 5.74. The van der Waals surface area contributed by atoms with Crippen LogP contribution in [0.1, 0.15) is 19.8 Å². The number of nitrogens with two attached hydrogens (primary N) is 1. The number of anilines is 1. The SMILES string of the molecule is CCCCN(CCN)c1nccc2cc(OC)ccc12.